The van der Waals surface area contributed by atoms with Crippen LogP contribution in [0.4, 0.5) is 0 Å². The summed E-state index contributed by atoms with van der Waals surface area (Å²) in [5.41, 5.74) is 7.43. The molecule has 0 aliphatic carbocycles. The van der Waals surface area contributed by atoms with E-state index in [-0.39, 0.29) is 12.3 Å². The van der Waals surface area contributed by atoms with E-state index in [2.05, 4.69) is 20.9 Å². The number of nitrogens with one attached hydrogen (secondary N) is 4. The van der Waals surface area contributed by atoms with Gasteiger partial charge in [0.1, 0.15) is 18.1 Å². The number of H-pyrrole nitrogens is 1. The molecule has 5 atom stereocenters. The number of aliphatic hydroxyl groups is 1. The molecule has 0 saturated carbocycles. The molecule has 5 unspecified atom stereocenters. The predicted molar refractivity (Wildman–Crippen MR) is 143 cm³/mol. The Labute approximate surface area is 220 Å². The summed E-state index contributed by atoms with van der Waals surface area (Å²) in [6.45, 7) is 2.82. The molecule has 0 radical (unpaired) electrons. The molecule has 0 bridgehead atoms. The Morgan fingerprint density at radius 1 is 1.05 bits per heavy atom. The lowest BCUT2D eigenvalue weighted by Gasteiger charge is -2.26. The molecule has 2 rings (SSSR count). The zero-order valence-corrected chi connectivity index (χ0v) is 22.1. The molecule has 1 aromatic carbocycles. The zero-order chi connectivity index (χ0) is 27.5. The van der Waals surface area contributed by atoms with Crippen molar-refractivity contribution in [1.82, 2.24) is 20.9 Å². The molecular weight excluding hydrogens is 498 g/mol. The lowest BCUT2D eigenvalue weighted by Crippen LogP contribution is -2.59. The Kier molecular flexibility index (Phi) is 11.9. The van der Waals surface area contributed by atoms with Crippen LogP contribution in [0.25, 0.3) is 10.9 Å². The lowest BCUT2D eigenvalue weighted by atomic mass is 9.98. The molecule has 37 heavy (non-hydrogen) atoms. The molecule has 0 saturated heterocycles. The summed E-state index contributed by atoms with van der Waals surface area (Å²) < 4.78 is 0. The summed E-state index contributed by atoms with van der Waals surface area (Å²) >= 11 is 1.53. The predicted octanol–water partition coefficient (Wildman–Crippen LogP) is 0.368. The average Bonchev–Trinajstić information content (AvgIpc) is 3.30. The van der Waals surface area contributed by atoms with E-state index in [4.69, 9.17) is 5.73 Å². The fraction of sp³-hybridized carbons (Fsp3) is 0.520. The van der Waals surface area contributed by atoms with Crippen LogP contribution in [0.15, 0.2) is 30.5 Å². The smallest absolute Gasteiger partial charge is 0.326 e. The van der Waals surface area contributed by atoms with E-state index in [9.17, 15) is 29.4 Å². The van der Waals surface area contributed by atoms with Gasteiger partial charge in [0.25, 0.3) is 0 Å². The second-order valence-electron chi connectivity index (χ2n) is 8.97. The zero-order valence-electron chi connectivity index (χ0n) is 21.3. The molecule has 11 nitrogen and oxygen atoms in total. The van der Waals surface area contributed by atoms with Crippen molar-refractivity contribution in [1.29, 1.82) is 0 Å². The number of hydrogen-bond acceptors (Lipinski definition) is 7. The van der Waals surface area contributed by atoms with Gasteiger partial charge in [-0.25, -0.2) is 4.79 Å². The first-order valence-electron chi connectivity index (χ1n) is 12.2. The minimum Gasteiger partial charge on any atom is -0.480 e. The number of hydrogen-bond donors (Lipinski definition) is 7. The van der Waals surface area contributed by atoms with E-state index in [1.54, 1.807) is 13.1 Å². The number of fused-ring (bicyclic) bond motifs is 1. The van der Waals surface area contributed by atoms with Crippen molar-refractivity contribution in [3.63, 3.8) is 0 Å². The Balaban J connectivity index is 2.25. The molecule has 8 N–H and O–H groups in total. The van der Waals surface area contributed by atoms with Crippen molar-refractivity contribution in [2.75, 3.05) is 18.6 Å². The number of thioether (sulfide) groups is 1. The van der Waals surface area contributed by atoms with Crippen molar-refractivity contribution < 1.29 is 29.4 Å². The van der Waals surface area contributed by atoms with Crippen LogP contribution in [0, 0.1) is 5.92 Å². The molecule has 2 aromatic rings. The molecule has 3 amide bonds. The quantitative estimate of drug-likeness (QED) is 0.170. The van der Waals surface area contributed by atoms with E-state index in [1.165, 1.54) is 11.8 Å². The third kappa shape index (κ3) is 8.48. The van der Waals surface area contributed by atoms with E-state index < -0.39 is 54.5 Å². The number of aliphatic hydroxyl groups excluding tert-OH is 1. The second-order valence-corrected chi connectivity index (χ2v) is 9.95. The van der Waals surface area contributed by atoms with Gasteiger partial charge in [-0.3, -0.25) is 14.4 Å². The molecule has 0 spiro atoms. The van der Waals surface area contributed by atoms with E-state index >= 15 is 0 Å². The van der Waals surface area contributed by atoms with Gasteiger partial charge in [-0.15, -0.1) is 0 Å². The molecule has 0 aliphatic heterocycles. The first-order chi connectivity index (χ1) is 17.6. The number of nitrogens with two attached hydrogens (primary N) is 1. The minimum atomic E-state index is -1.34. The van der Waals surface area contributed by atoms with Crippen molar-refractivity contribution in [3.8, 4) is 0 Å². The molecule has 12 heteroatoms. The maximum Gasteiger partial charge on any atom is 0.326 e. The van der Waals surface area contributed by atoms with Gasteiger partial charge < -0.3 is 36.9 Å². The fourth-order valence-electron chi connectivity index (χ4n) is 3.79. The Morgan fingerprint density at radius 2 is 1.70 bits per heavy atom. The average molecular weight is 536 g/mol. The van der Waals surface area contributed by atoms with E-state index in [0.29, 0.717) is 18.6 Å². The van der Waals surface area contributed by atoms with Crippen molar-refractivity contribution >= 4 is 46.4 Å². The minimum absolute atomic E-state index is 0.0494. The summed E-state index contributed by atoms with van der Waals surface area (Å²) in [4.78, 5) is 53.6. The number of benzene rings is 1. The molecule has 0 aliphatic rings. The van der Waals surface area contributed by atoms with Crippen LogP contribution in [-0.2, 0) is 25.6 Å². The van der Waals surface area contributed by atoms with Crippen molar-refractivity contribution in [2.45, 2.75) is 57.3 Å². The maximum atomic E-state index is 13.3. The van der Waals surface area contributed by atoms with Gasteiger partial charge >= 0.3 is 5.97 Å². The summed E-state index contributed by atoms with van der Waals surface area (Å²) in [7, 11) is 0. The van der Waals surface area contributed by atoms with E-state index in [1.807, 2.05) is 37.4 Å². The number of aromatic amines is 1. The van der Waals surface area contributed by atoms with Crippen molar-refractivity contribution in [3.05, 3.63) is 36.0 Å². The molecule has 204 valence electrons. The van der Waals surface area contributed by atoms with Crippen LogP contribution in [0.1, 0.15) is 32.3 Å². The fourth-order valence-corrected chi connectivity index (χ4v) is 4.28. The highest BCUT2D eigenvalue weighted by molar-refractivity contribution is 7.98. The summed E-state index contributed by atoms with van der Waals surface area (Å²) in [6.07, 6.45) is 4.56. The number of carboxylic acid groups (broad SMARTS) is 1. The number of carbonyl (C=O) groups is 4. The van der Waals surface area contributed by atoms with Crippen LogP contribution in [-0.4, -0.2) is 81.7 Å². The van der Waals surface area contributed by atoms with Gasteiger partial charge in [0.2, 0.25) is 17.7 Å². The number of aliphatic carboxylic acids is 1. The Hall–Kier alpha value is -3.09. The second kappa shape index (κ2) is 14.6. The number of carbonyl (C=O) groups excluding carboxylic acids is 3. The first-order valence-corrected chi connectivity index (χ1v) is 13.6. The molecular formula is C25H37N5O6S. The van der Waals surface area contributed by atoms with Gasteiger partial charge in [-0.05, 0) is 36.0 Å². The monoisotopic (exact) mass is 535 g/mol. The van der Waals surface area contributed by atoms with Gasteiger partial charge in [0.15, 0.2) is 0 Å². The summed E-state index contributed by atoms with van der Waals surface area (Å²) in [5, 5.41) is 27.8. The number of aromatic nitrogens is 1. The van der Waals surface area contributed by atoms with Crippen molar-refractivity contribution in [2.24, 2.45) is 11.7 Å². The van der Waals surface area contributed by atoms with Gasteiger partial charge in [0.05, 0.1) is 12.6 Å². The Morgan fingerprint density at radius 3 is 2.32 bits per heavy atom. The van der Waals surface area contributed by atoms with Gasteiger partial charge in [-0.2, -0.15) is 11.8 Å². The third-order valence-corrected chi connectivity index (χ3v) is 6.94. The Bertz CT molecular complexity index is 1080. The highest BCUT2D eigenvalue weighted by Crippen LogP contribution is 2.19. The normalized spacial score (nSPS) is 15.3. The standard InChI is InChI=1S/C25H37N5O6S/c1-4-14(2)21(25(35)36)30-23(33)19(11-15-12-27-18-8-6-5-7-16(15)18)28-24(34)20(13-31)29-22(32)17(26)9-10-37-3/h5-8,12,14,17,19-21,27,31H,4,9-11,13,26H2,1-3H3,(H,28,34)(H,29,32)(H,30,33)(H,35,36). The SMILES string of the molecule is CCC(C)C(NC(=O)C(Cc1c[nH]c2ccccc12)NC(=O)C(CO)NC(=O)C(N)CCSC)C(=O)O. The lowest BCUT2D eigenvalue weighted by molar-refractivity contribution is -0.143. The molecule has 1 heterocycles. The van der Waals surface area contributed by atoms with Gasteiger partial charge in [-0.1, -0.05) is 38.5 Å². The topological polar surface area (TPSA) is 187 Å². The third-order valence-electron chi connectivity index (χ3n) is 6.29. The van der Waals surface area contributed by atoms with Crippen LogP contribution in [0.2, 0.25) is 0 Å². The van der Waals surface area contributed by atoms with E-state index in [0.717, 1.165) is 16.5 Å². The highest BCUT2D eigenvalue weighted by atomic mass is 32.2. The van der Waals surface area contributed by atoms with Crippen LogP contribution < -0.4 is 21.7 Å². The van der Waals surface area contributed by atoms with Gasteiger partial charge in [0, 0.05) is 23.5 Å². The highest BCUT2D eigenvalue weighted by Gasteiger charge is 2.32. The van der Waals surface area contributed by atoms with Crippen LogP contribution in [0.5, 0.6) is 0 Å². The number of para-hydroxylation sites is 1. The van der Waals surface area contributed by atoms with Crippen LogP contribution >= 0.6 is 11.8 Å². The number of carboxylic acids is 1. The first kappa shape index (κ1) is 30.1. The summed E-state index contributed by atoms with van der Waals surface area (Å²) in [6, 6.07) is 2.92. The maximum absolute atomic E-state index is 13.3. The molecule has 0 fully saturated rings. The molecule has 1 aromatic heterocycles. The number of amides is 3. The largest absolute Gasteiger partial charge is 0.480 e. The number of rotatable bonds is 15. The van der Waals surface area contributed by atoms with Crippen LogP contribution in [0.3, 0.4) is 0 Å². The summed E-state index contributed by atoms with van der Waals surface area (Å²) in [5.74, 6) is -2.95.